The van der Waals surface area contributed by atoms with Gasteiger partial charge in [0.25, 0.3) is 12.0 Å². The van der Waals surface area contributed by atoms with Gasteiger partial charge in [0.1, 0.15) is 5.69 Å². The summed E-state index contributed by atoms with van der Waals surface area (Å²) in [4.78, 5) is 14.0. The van der Waals surface area contributed by atoms with E-state index in [2.05, 4.69) is 4.98 Å². The summed E-state index contributed by atoms with van der Waals surface area (Å²) in [6.45, 7) is 0. The summed E-state index contributed by atoms with van der Waals surface area (Å²) in [5.41, 5.74) is 1.96. The maximum atomic E-state index is 12.5. The summed E-state index contributed by atoms with van der Waals surface area (Å²) in [5, 5.41) is 0. The van der Waals surface area contributed by atoms with Gasteiger partial charge in [-0.25, -0.2) is 10.8 Å². The first-order valence-electron chi connectivity index (χ1n) is 2.85. The molecule has 0 unspecified atom stereocenters. The van der Waals surface area contributed by atoms with E-state index in [1.54, 1.807) is 0 Å². The van der Waals surface area contributed by atoms with E-state index in [1.165, 1.54) is 7.05 Å². The van der Waals surface area contributed by atoms with Crippen molar-refractivity contribution in [3.05, 3.63) is 18.0 Å². The van der Waals surface area contributed by atoms with Crippen molar-refractivity contribution in [2.45, 2.75) is 0 Å². The Morgan fingerprint density at radius 2 is 2.55 bits per heavy atom. The van der Waals surface area contributed by atoms with E-state index in [9.17, 15) is 9.18 Å². The second kappa shape index (κ2) is 2.67. The lowest BCUT2D eigenvalue weighted by molar-refractivity contribution is 0.0944. The van der Waals surface area contributed by atoms with Crippen LogP contribution in [0, 0.1) is 6.08 Å². The molecule has 0 saturated carbocycles. The lowest BCUT2D eigenvalue weighted by atomic mass is 10.4. The third-order valence-electron chi connectivity index (χ3n) is 1.30. The quantitative estimate of drug-likeness (QED) is 0.318. The zero-order valence-corrected chi connectivity index (χ0v) is 5.84. The van der Waals surface area contributed by atoms with Crippen LogP contribution in [0.15, 0.2) is 6.20 Å². The standard InChI is InChI=1S/C5H7FN4O/c1-10-3(4(11)9-7)2-8-5(10)6/h2H,7H2,1H3,(H,9,11). The Balaban J connectivity index is 3.04. The Hall–Kier alpha value is -1.43. The number of halogens is 1. The van der Waals surface area contributed by atoms with Crippen LogP contribution in [0.25, 0.3) is 0 Å². The van der Waals surface area contributed by atoms with E-state index in [4.69, 9.17) is 5.84 Å². The molecule has 0 spiro atoms. The number of rotatable bonds is 1. The van der Waals surface area contributed by atoms with Crippen molar-refractivity contribution >= 4 is 5.91 Å². The number of hydrazine groups is 1. The number of nitrogens with zero attached hydrogens (tertiary/aromatic N) is 2. The molecule has 6 heteroatoms. The normalized spacial score (nSPS) is 9.73. The van der Waals surface area contributed by atoms with Crippen molar-refractivity contribution in [1.29, 1.82) is 0 Å². The van der Waals surface area contributed by atoms with Crippen LogP contribution in [0.3, 0.4) is 0 Å². The molecule has 0 radical (unpaired) electrons. The molecule has 1 heterocycles. The summed E-state index contributed by atoms with van der Waals surface area (Å²) in [7, 11) is 1.38. The molecule has 0 saturated heterocycles. The SMILES string of the molecule is Cn1c(C(=O)NN)cnc1F. The predicted octanol–water partition coefficient (Wildman–Crippen LogP) is -0.837. The summed E-state index contributed by atoms with van der Waals surface area (Å²) in [6.07, 6.45) is 0.390. The summed E-state index contributed by atoms with van der Waals surface area (Å²) in [5.74, 6) is 4.25. The molecule has 0 fully saturated rings. The minimum absolute atomic E-state index is 0.0880. The molecule has 1 aromatic heterocycles. The zero-order valence-electron chi connectivity index (χ0n) is 5.84. The lowest BCUT2D eigenvalue weighted by Gasteiger charge is -1.98. The highest BCUT2D eigenvalue weighted by Gasteiger charge is 2.11. The van der Waals surface area contributed by atoms with E-state index in [0.717, 1.165) is 10.8 Å². The fraction of sp³-hybridized carbons (Fsp3) is 0.200. The van der Waals surface area contributed by atoms with Gasteiger partial charge in [0.2, 0.25) is 0 Å². The van der Waals surface area contributed by atoms with E-state index < -0.39 is 12.0 Å². The van der Waals surface area contributed by atoms with Crippen molar-refractivity contribution in [2.24, 2.45) is 12.9 Å². The van der Waals surface area contributed by atoms with E-state index in [0.29, 0.717) is 0 Å². The molecule has 60 valence electrons. The highest BCUT2D eigenvalue weighted by Crippen LogP contribution is 1.99. The van der Waals surface area contributed by atoms with Gasteiger partial charge in [-0.15, -0.1) is 0 Å². The Bertz CT molecular complexity index is 282. The zero-order chi connectivity index (χ0) is 8.43. The summed E-state index contributed by atoms with van der Waals surface area (Å²) < 4.78 is 13.5. The Kier molecular flexibility index (Phi) is 1.86. The fourth-order valence-electron chi connectivity index (χ4n) is 0.672. The van der Waals surface area contributed by atoms with Crippen molar-refractivity contribution < 1.29 is 9.18 Å². The number of nitrogens with one attached hydrogen (secondary N) is 1. The minimum Gasteiger partial charge on any atom is -0.299 e. The average Bonchev–Trinajstić information content (AvgIpc) is 2.32. The van der Waals surface area contributed by atoms with Crippen LogP contribution >= 0.6 is 0 Å². The molecular formula is C5H7FN4O. The van der Waals surface area contributed by atoms with Crippen molar-refractivity contribution in [3.63, 3.8) is 0 Å². The maximum absolute atomic E-state index is 12.5. The van der Waals surface area contributed by atoms with Gasteiger partial charge in [-0.2, -0.15) is 4.39 Å². The van der Waals surface area contributed by atoms with Crippen molar-refractivity contribution in [3.8, 4) is 0 Å². The molecule has 0 bridgehead atoms. The van der Waals surface area contributed by atoms with Gasteiger partial charge in [-0.3, -0.25) is 14.8 Å². The van der Waals surface area contributed by atoms with Crippen LogP contribution in [0.5, 0.6) is 0 Å². The number of nitrogen functional groups attached to an aromatic ring is 1. The van der Waals surface area contributed by atoms with E-state index in [-0.39, 0.29) is 5.69 Å². The van der Waals surface area contributed by atoms with E-state index >= 15 is 0 Å². The van der Waals surface area contributed by atoms with Gasteiger partial charge >= 0.3 is 0 Å². The third kappa shape index (κ3) is 1.20. The first-order chi connectivity index (χ1) is 5.16. The monoisotopic (exact) mass is 158 g/mol. The molecule has 3 N–H and O–H groups in total. The number of hydrogen-bond donors (Lipinski definition) is 2. The van der Waals surface area contributed by atoms with Crippen LogP contribution in [-0.4, -0.2) is 15.5 Å². The molecule has 5 nitrogen and oxygen atoms in total. The number of nitrogens with two attached hydrogens (primary N) is 1. The predicted molar refractivity (Wildman–Crippen MR) is 34.8 cm³/mol. The van der Waals surface area contributed by atoms with Crippen LogP contribution in [0.4, 0.5) is 4.39 Å². The van der Waals surface area contributed by atoms with E-state index in [1.807, 2.05) is 5.43 Å². The topological polar surface area (TPSA) is 72.9 Å². The molecule has 1 amide bonds. The van der Waals surface area contributed by atoms with Crippen molar-refractivity contribution in [1.82, 2.24) is 15.0 Å². The molecule has 0 aromatic carbocycles. The van der Waals surface area contributed by atoms with Gasteiger partial charge in [0.05, 0.1) is 6.20 Å². The molecule has 1 rings (SSSR count). The smallest absolute Gasteiger partial charge is 0.289 e. The largest absolute Gasteiger partial charge is 0.299 e. The number of imidazole rings is 1. The number of amides is 1. The second-order valence-corrected chi connectivity index (χ2v) is 1.94. The molecule has 0 aliphatic rings. The van der Waals surface area contributed by atoms with Crippen LogP contribution in [0.1, 0.15) is 10.5 Å². The highest BCUT2D eigenvalue weighted by molar-refractivity contribution is 5.91. The first-order valence-corrected chi connectivity index (χ1v) is 2.85. The Morgan fingerprint density at radius 1 is 1.91 bits per heavy atom. The molecule has 0 aliphatic heterocycles. The Labute approximate surface area is 62.0 Å². The maximum Gasteiger partial charge on any atom is 0.289 e. The number of aromatic nitrogens is 2. The second-order valence-electron chi connectivity index (χ2n) is 1.94. The highest BCUT2D eigenvalue weighted by atomic mass is 19.1. The molecule has 0 aliphatic carbocycles. The molecular weight excluding hydrogens is 151 g/mol. The van der Waals surface area contributed by atoms with Gasteiger partial charge in [0, 0.05) is 7.05 Å². The fourth-order valence-corrected chi connectivity index (χ4v) is 0.672. The van der Waals surface area contributed by atoms with Gasteiger partial charge in [-0.05, 0) is 0 Å². The van der Waals surface area contributed by atoms with Gasteiger partial charge < -0.3 is 0 Å². The summed E-state index contributed by atoms with van der Waals surface area (Å²) >= 11 is 0. The number of carbonyl (C=O) groups excluding carboxylic acids is 1. The van der Waals surface area contributed by atoms with Crippen molar-refractivity contribution in [2.75, 3.05) is 0 Å². The van der Waals surface area contributed by atoms with Crippen LogP contribution < -0.4 is 11.3 Å². The first kappa shape index (κ1) is 7.67. The lowest BCUT2D eigenvalue weighted by Crippen LogP contribution is -2.31. The molecule has 11 heavy (non-hydrogen) atoms. The number of carbonyl (C=O) groups is 1. The molecule has 1 aromatic rings. The Morgan fingerprint density at radius 3 is 2.91 bits per heavy atom. The third-order valence-corrected chi connectivity index (χ3v) is 1.30. The van der Waals surface area contributed by atoms with Crippen LogP contribution in [-0.2, 0) is 7.05 Å². The van der Waals surface area contributed by atoms with Gasteiger partial charge in [0.15, 0.2) is 0 Å². The summed E-state index contributed by atoms with van der Waals surface area (Å²) in [6, 6.07) is 0. The molecule has 0 atom stereocenters. The number of hydrogen-bond acceptors (Lipinski definition) is 3. The minimum atomic E-state index is -0.719. The van der Waals surface area contributed by atoms with Crippen LogP contribution in [0.2, 0.25) is 0 Å². The average molecular weight is 158 g/mol. The van der Waals surface area contributed by atoms with Gasteiger partial charge in [-0.1, -0.05) is 0 Å².